The fourth-order valence-electron chi connectivity index (χ4n) is 2.82. The molecule has 0 bridgehead atoms. The molecule has 2 saturated carbocycles. The van der Waals surface area contributed by atoms with Crippen molar-refractivity contribution in [2.24, 2.45) is 23.7 Å². The number of ether oxygens (including phenoxy) is 1. The van der Waals surface area contributed by atoms with Gasteiger partial charge in [-0.15, -0.1) is 0 Å². The average molecular weight is 239 g/mol. The number of fused-ring (bicyclic) bond motifs is 1. The van der Waals surface area contributed by atoms with Crippen molar-refractivity contribution in [1.29, 1.82) is 0 Å². The van der Waals surface area contributed by atoms with E-state index in [0.717, 1.165) is 24.7 Å². The molecular formula is C13H21NO3. The number of hydrogen-bond acceptors (Lipinski definition) is 3. The van der Waals surface area contributed by atoms with Crippen molar-refractivity contribution in [3.05, 3.63) is 0 Å². The van der Waals surface area contributed by atoms with Gasteiger partial charge in [-0.3, -0.25) is 4.79 Å². The highest BCUT2D eigenvalue weighted by atomic mass is 16.5. The van der Waals surface area contributed by atoms with Gasteiger partial charge < -0.3 is 10.1 Å². The number of rotatable bonds is 4. The average Bonchev–Trinajstić information content (AvgIpc) is 2.91. The molecule has 0 spiro atoms. The molecule has 3 atom stereocenters. The molecule has 2 aliphatic rings. The van der Waals surface area contributed by atoms with Crippen LogP contribution in [0.15, 0.2) is 0 Å². The zero-order valence-electron chi connectivity index (χ0n) is 10.7. The van der Waals surface area contributed by atoms with E-state index in [9.17, 15) is 9.59 Å². The number of carbonyl (C=O) groups excluding carboxylic acids is 2. The molecule has 0 aliphatic heterocycles. The fraction of sp³-hybridized carbons (Fsp3) is 0.846. The van der Waals surface area contributed by atoms with Crippen LogP contribution in [0.25, 0.3) is 0 Å². The summed E-state index contributed by atoms with van der Waals surface area (Å²) < 4.78 is 4.71. The van der Waals surface area contributed by atoms with Crippen LogP contribution in [0.3, 0.4) is 0 Å². The van der Waals surface area contributed by atoms with Crippen molar-refractivity contribution in [2.45, 2.75) is 39.2 Å². The molecule has 4 heteroatoms. The molecule has 17 heavy (non-hydrogen) atoms. The van der Waals surface area contributed by atoms with Crippen molar-refractivity contribution >= 4 is 11.9 Å². The standard InChI is InChI=1S/C13H21NO3/c1-7(2)11(13(16)17-3)14-12(15)10-5-8-4-9(8)6-10/h7-11H,4-6H2,1-3H3,(H,14,15). The quantitative estimate of drug-likeness (QED) is 0.753. The van der Waals surface area contributed by atoms with E-state index in [4.69, 9.17) is 4.74 Å². The van der Waals surface area contributed by atoms with Gasteiger partial charge in [0.1, 0.15) is 6.04 Å². The van der Waals surface area contributed by atoms with Gasteiger partial charge in [0.15, 0.2) is 0 Å². The monoisotopic (exact) mass is 239 g/mol. The number of methoxy groups -OCH3 is 1. The van der Waals surface area contributed by atoms with Gasteiger partial charge in [-0.05, 0) is 37.0 Å². The second-order valence-corrected chi connectivity index (χ2v) is 5.68. The maximum absolute atomic E-state index is 12.0. The minimum absolute atomic E-state index is 0.0290. The molecule has 3 unspecified atom stereocenters. The predicted octanol–water partition coefficient (Wildman–Crippen LogP) is 1.35. The summed E-state index contributed by atoms with van der Waals surface area (Å²) in [5.41, 5.74) is 0. The summed E-state index contributed by atoms with van der Waals surface area (Å²) in [6.45, 7) is 3.82. The third-order valence-electron chi connectivity index (χ3n) is 4.03. The number of esters is 1. The zero-order valence-corrected chi connectivity index (χ0v) is 10.7. The van der Waals surface area contributed by atoms with Crippen LogP contribution < -0.4 is 5.32 Å². The Bertz CT molecular complexity index is 317. The highest BCUT2D eigenvalue weighted by Crippen LogP contribution is 2.54. The molecule has 2 rings (SSSR count). The fourth-order valence-corrected chi connectivity index (χ4v) is 2.82. The second kappa shape index (κ2) is 4.67. The van der Waals surface area contributed by atoms with E-state index >= 15 is 0 Å². The van der Waals surface area contributed by atoms with Crippen LogP contribution in [0.4, 0.5) is 0 Å². The van der Waals surface area contributed by atoms with Gasteiger partial charge in [-0.25, -0.2) is 4.79 Å². The Morgan fingerprint density at radius 3 is 2.24 bits per heavy atom. The van der Waals surface area contributed by atoms with Crippen LogP contribution in [0.2, 0.25) is 0 Å². The Kier molecular flexibility index (Phi) is 3.40. The first-order valence-electron chi connectivity index (χ1n) is 6.41. The maximum Gasteiger partial charge on any atom is 0.328 e. The molecule has 0 aromatic heterocycles. The molecule has 96 valence electrons. The third kappa shape index (κ3) is 2.61. The Morgan fingerprint density at radius 2 is 1.76 bits per heavy atom. The molecule has 2 aliphatic carbocycles. The summed E-state index contributed by atoms with van der Waals surface area (Å²) in [5, 5.41) is 2.84. The summed E-state index contributed by atoms with van der Waals surface area (Å²) in [6, 6.07) is -0.510. The summed E-state index contributed by atoms with van der Waals surface area (Å²) >= 11 is 0. The van der Waals surface area contributed by atoms with Crippen LogP contribution in [-0.2, 0) is 14.3 Å². The molecule has 2 fully saturated rings. The molecule has 0 aromatic rings. The molecule has 0 radical (unpaired) electrons. The Morgan fingerprint density at radius 1 is 1.18 bits per heavy atom. The van der Waals surface area contributed by atoms with Crippen LogP contribution >= 0.6 is 0 Å². The normalized spacial score (nSPS) is 31.9. The van der Waals surface area contributed by atoms with Gasteiger partial charge in [-0.1, -0.05) is 13.8 Å². The van der Waals surface area contributed by atoms with Crippen LogP contribution in [-0.4, -0.2) is 25.0 Å². The lowest BCUT2D eigenvalue weighted by molar-refractivity contribution is -0.146. The van der Waals surface area contributed by atoms with Gasteiger partial charge in [-0.2, -0.15) is 0 Å². The smallest absolute Gasteiger partial charge is 0.328 e. The van der Waals surface area contributed by atoms with Gasteiger partial charge >= 0.3 is 5.97 Å². The Labute approximate surface area is 102 Å². The lowest BCUT2D eigenvalue weighted by atomic mass is 9.99. The van der Waals surface area contributed by atoms with Crippen LogP contribution in [0.5, 0.6) is 0 Å². The van der Waals surface area contributed by atoms with E-state index in [0.29, 0.717) is 0 Å². The third-order valence-corrected chi connectivity index (χ3v) is 4.03. The first-order valence-corrected chi connectivity index (χ1v) is 6.41. The lowest BCUT2D eigenvalue weighted by Gasteiger charge is -2.22. The van der Waals surface area contributed by atoms with Crippen LogP contribution in [0.1, 0.15) is 33.1 Å². The SMILES string of the molecule is COC(=O)C(NC(=O)C1CC2CC2C1)C(C)C. The van der Waals surface area contributed by atoms with E-state index in [-0.39, 0.29) is 23.7 Å². The first-order chi connectivity index (χ1) is 8.02. The first kappa shape index (κ1) is 12.4. The summed E-state index contributed by atoms with van der Waals surface area (Å²) in [5.74, 6) is 1.41. The second-order valence-electron chi connectivity index (χ2n) is 5.68. The number of nitrogens with one attached hydrogen (secondary N) is 1. The summed E-state index contributed by atoms with van der Waals surface area (Å²) in [4.78, 5) is 23.6. The van der Waals surface area contributed by atoms with Crippen LogP contribution in [0, 0.1) is 23.7 Å². The van der Waals surface area contributed by atoms with E-state index in [2.05, 4.69) is 5.32 Å². The van der Waals surface area contributed by atoms with Crippen molar-refractivity contribution in [3.8, 4) is 0 Å². The van der Waals surface area contributed by atoms with Gasteiger partial charge in [0.25, 0.3) is 0 Å². The Balaban J connectivity index is 1.88. The minimum atomic E-state index is -0.510. The summed E-state index contributed by atoms with van der Waals surface area (Å²) in [6.07, 6.45) is 3.30. The number of carbonyl (C=O) groups is 2. The lowest BCUT2D eigenvalue weighted by Crippen LogP contribution is -2.47. The van der Waals surface area contributed by atoms with Crippen molar-refractivity contribution in [2.75, 3.05) is 7.11 Å². The van der Waals surface area contributed by atoms with Gasteiger partial charge in [0.2, 0.25) is 5.91 Å². The molecule has 4 nitrogen and oxygen atoms in total. The maximum atomic E-state index is 12.0. The molecule has 1 N–H and O–H groups in total. The van der Waals surface area contributed by atoms with E-state index in [1.54, 1.807) is 0 Å². The number of amides is 1. The highest BCUT2D eigenvalue weighted by molar-refractivity contribution is 5.86. The summed E-state index contributed by atoms with van der Waals surface area (Å²) in [7, 11) is 1.36. The molecule has 0 aromatic carbocycles. The Hall–Kier alpha value is -1.06. The molecular weight excluding hydrogens is 218 g/mol. The largest absolute Gasteiger partial charge is 0.467 e. The number of hydrogen-bond donors (Lipinski definition) is 1. The van der Waals surface area contributed by atoms with Gasteiger partial charge in [0, 0.05) is 5.92 Å². The van der Waals surface area contributed by atoms with E-state index in [1.165, 1.54) is 13.5 Å². The van der Waals surface area contributed by atoms with Crippen molar-refractivity contribution in [1.82, 2.24) is 5.32 Å². The van der Waals surface area contributed by atoms with E-state index < -0.39 is 6.04 Å². The van der Waals surface area contributed by atoms with Gasteiger partial charge in [0.05, 0.1) is 7.11 Å². The van der Waals surface area contributed by atoms with Crippen molar-refractivity contribution in [3.63, 3.8) is 0 Å². The minimum Gasteiger partial charge on any atom is -0.467 e. The zero-order chi connectivity index (χ0) is 12.6. The predicted molar refractivity (Wildman–Crippen MR) is 63.1 cm³/mol. The highest BCUT2D eigenvalue weighted by Gasteiger charge is 2.48. The molecule has 0 heterocycles. The molecule has 1 amide bonds. The van der Waals surface area contributed by atoms with Crippen molar-refractivity contribution < 1.29 is 14.3 Å². The molecule has 0 saturated heterocycles. The topological polar surface area (TPSA) is 55.4 Å². The van der Waals surface area contributed by atoms with E-state index in [1.807, 2.05) is 13.8 Å².